The smallest absolute Gasteiger partial charge is 0.408 e. The third kappa shape index (κ3) is 5.73. The minimum atomic E-state index is -0.327. The van der Waals surface area contributed by atoms with E-state index in [1.807, 2.05) is 12.1 Å². The van der Waals surface area contributed by atoms with Crippen LogP contribution in [0.5, 0.6) is 0 Å². The lowest BCUT2D eigenvalue weighted by atomic mass is 10.0. The standard InChI is InChI=1S/C25H31N3O3/c1-27-23-13-12-21(16-24(23)31-25(27)29)22-11-7-15-28(17-22)19-30-18-26-14-6-5-10-20-8-3-2-4-9-20/h2-4,8-9,11-13,16,26H,5-7,10,14-15,17-19H2,1H3. The van der Waals surface area contributed by atoms with Gasteiger partial charge >= 0.3 is 5.76 Å². The SMILES string of the molecule is Cn1c(=O)oc2cc(C3=CCCN(COCNCCCCc4ccccc4)C3)ccc21. The number of fused-ring (bicyclic) bond motifs is 1. The average Bonchev–Trinajstić information content (AvgIpc) is 3.09. The van der Waals surface area contributed by atoms with Crippen molar-refractivity contribution in [3.63, 3.8) is 0 Å². The first-order valence-electron chi connectivity index (χ1n) is 11.0. The fourth-order valence-corrected chi connectivity index (χ4v) is 4.00. The van der Waals surface area contributed by atoms with E-state index in [1.165, 1.54) is 22.1 Å². The van der Waals surface area contributed by atoms with Gasteiger partial charge in [-0.05, 0) is 61.1 Å². The maximum absolute atomic E-state index is 11.7. The van der Waals surface area contributed by atoms with Crippen LogP contribution in [0.1, 0.15) is 30.4 Å². The summed E-state index contributed by atoms with van der Waals surface area (Å²) in [6.45, 7) is 3.97. The predicted molar refractivity (Wildman–Crippen MR) is 124 cm³/mol. The van der Waals surface area contributed by atoms with Crippen molar-refractivity contribution < 1.29 is 9.15 Å². The Morgan fingerprint density at radius 2 is 2.00 bits per heavy atom. The largest absolute Gasteiger partial charge is 0.419 e. The van der Waals surface area contributed by atoms with Crippen molar-refractivity contribution in [1.82, 2.24) is 14.8 Å². The molecule has 0 unspecified atom stereocenters. The van der Waals surface area contributed by atoms with Gasteiger partial charge in [0.05, 0.1) is 12.2 Å². The summed E-state index contributed by atoms with van der Waals surface area (Å²) in [5, 5.41) is 3.37. The molecule has 6 heteroatoms. The number of aryl methyl sites for hydroxylation is 2. The van der Waals surface area contributed by atoms with Gasteiger partial charge in [0.25, 0.3) is 0 Å². The molecule has 0 saturated heterocycles. The second-order valence-corrected chi connectivity index (χ2v) is 8.10. The van der Waals surface area contributed by atoms with Crippen molar-refractivity contribution in [3.8, 4) is 0 Å². The number of oxazole rings is 1. The van der Waals surface area contributed by atoms with E-state index in [0.717, 1.165) is 50.0 Å². The van der Waals surface area contributed by atoms with Crippen molar-refractivity contribution in [1.29, 1.82) is 0 Å². The molecule has 1 aliphatic heterocycles. The van der Waals surface area contributed by atoms with Crippen molar-refractivity contribution in [2.45, 2.75) is 25.7 Å². The molecule has 0 atom stereocenters. The Balaban J connectivity index is 1.16. The molecule has 4 rings (SSSR count). The number of nitrogens with zero attached hydrogens (tertiary/aromatic N) is 2. The van der Waals surface area contributed by atoms with Crippen LogP contribution in [-0.2, 0) is 18.2 Å². The number of hydrogen-bond acceptors (Lipinski definition) is 5. The van der Waals surface area contributed by atoms with Gasteiger partial charge < -0.3 is 9.15 Å². The Morgan fingerprint density at radius 1 is 1.13 bits per heavy atom. The van der Waals surface area contributed by atoms with Crippen LogP contribution in [0.25, 0.3) is 16.7 Å². The molecular formula is C25H31N3O3. The number of unbranched alkanes of at least 4 members (excludes halogenated alkanes) is 1. The average molecular weight is 422 g/mol. The van der Waals surface area contributed by atoms with Crippen molar-refractivity contribution in [2.24, 2.45) is 7.05 Å². The summed E-state index contributed by atoms with van der Waals surface area (Å²) in [4.78, 5) is 14.0. The van der Waals surface area contributed by atoms with Gasteiger partial charge in [0.1, 0.15) is 6.73 Å². The summed E-state index contributed by atoms with van der Waals surface area (Å²) in [6.07, 6.45) is 6.71. The van der Waals surface area contributed by atoms with Gasteiger partial charge in [0, 0.05) is 20.1 Å². The minimum Gasteiger partial charge on any atom is -0.408 e. The van der Waals surface area contributed by atoms with E-state index in [0.29, 0.717) is 19.0 Å². The highest BCUT2D eigenvalue weighted by atomic mass is 16.5. The highest BCUT2D eigenvalue weighted by Gasteiger charge is 2.15. The van der Waals surface area contributed by atoms with Gasteiger partial charge in [0.2, 0.25) is 0 Å². The van der Waals surface area contributed by atoms with Gasteiger partial charge in [-0.2, -0.15) is 0 Å². The van der Waals surface area contributed by atoms with Crippen LogP contribution in [-0.4, -0.2) is 42.6 Å². The molecule has 1 aromatic heterocycles. The van der Waals surface area contributed by atoms with Crippen LogP contribution < -0.4 is 11.1 Å². The van der Waals surface area contributed by atoms with Gasteiger partial charge in [-0.25, -0.2) is 4.79 Å². The van der Waals surface area contributed by atoms with Gasteiger partial charge in [-0.3, -0.25) is 14.8 Å². The maximum atomic E-state index is 11.7. The summed E-state index contributed by atoms with van der Waals surface area (Å²) < 4.78 is 12.7. The molecule has 164 valence electrons. The molecule has 3 aromatic rings. The monoisotopic (exact) mass is 421 g/mol. The molecule has 0 spiro atoms. The second kappa shape index (κ2) is 10.6. The zero-order valence-corrected chi connectivity index (χ0v) is 18.2. The first-order valence-corrected chi connectivity index (χ1v) is 11.0. The normalized spacial score (nSPS) is 14.8. The molecule has 0 bridgehead atoms. The Kier molecular flexibility index (Phi) is 7.35. The summed E-state index contributed by atoms with van der Waals surface area (Å²) >= 11 is 0. The van der Waals surface area contributed by atoms with E-state index in [9.17, 15) is 4.79 Å². The zero-order valence-electron chi connectivity index (χ0n) is 18.2. The zero-order chi connectivity index (χ0) is 21.5. The number of ether oxygens (including phenoxy) is 1. The molecule has 0 saturated carbocycles. The molecular weight excluding hydrogens is 390 g/mol. The van der Waals surface area contributed by atoms with Crippen LogP contribution in [0.3, 0.4) is 0 Å². The fraction of sp³-hybridized carbons (Fsp3) is 0.400. The van der Waals surface area contributed by atoms with Crippen LogP contribution in [0, 0.1) is 0 Å². The van der Waals surface area contributed by atoms with Crippen molar-refractivity contribution in [2.75, 3.05) is 33.1 Å². The molecule has 0 amide bonds. The van der Waals surface area contributed by atoms with Crippen LogP contribution in [0.2, 0.25) is 0 Å². The first-order chi connectivity index (χ1) is 15.2. The predicted octanol–water partition coefficient (Wildman–Crippen LogP) is 3.76. The van der Waals surface area contributed by atoms with Crippen molar-refractivity contribution in [3.05, 3.63) is 76.3 Å². The lowest BCUT2D eigenvalue weighted by Gasteiger charge is -2.27. The quantitative estimate of drug-likeness (QED) is 0.399. The molecule has 0 aliphatic carbocycles. The molecule has 31 heavy (non-hydrogen) atoms. The van der Waals surface area contributed by atoms with E-state index in [4.69, 9.17) is 9.15 Å². The van der Waals surface area contributed by atoms with E-state index in [1.54, 1.807) is 7.05 Å². The molecule has 6 nitrogen and oxygen atoms in total. The third-order valence-corrected chi connectivity index (χ3v) is 5.78. The van der Waals surface area contributed by atoms with Gasteiger partial charge in [-0.15, -0.1) is 0 Å². The minimum absolute atomic E-state index is 0.327. The topological polar surface area (TPSA) is 59.6 Å². The van der Waals surface area contributed by atoms with Crippen LogP contribution >= 0.6 is 0 Å². The number of nitrogens with one attached hydrogen (secondary N) is 1. The highest BCUT2D eigenvalue weighted by Crippen LogP contribution is 2.24. The molecule has 2 aromatic carbocycles. The van der Waals surface area contributed by atoms with Crippen LogP contribution in [0.4, 0.5) is 0 Å². The van der Waals surface area contributed by atoms with Gasteiger partial charge in [0.15, 0.2) is 5.58 Å². The first kappa shape index (κ1) is 21.6. The molecule has 0 radical (unpaired) electrons. The summed E-state index contributed by atoms with van der Waals surface area (Å²) in [5.41, 5.74) is 5.21. The van der Waals surface area contributed by atoms with Crippen LogP contribution in [0.15, 0.2) is 63.8 Å². The Hall–Kier alpha value is -2.67. The molecule has 0 fully saturated rings. The van der Waals surface area contributed by atoms with E-state index in [2.05, 4.69) is 52.7 Å². The second-order valence-electron chi connectivity index (χ2n) is 8.10. The molecule has 1 aliphatic rings. The van der Waals surface area contributed by atoms with Crippen molar-refractivity contribution >= 4 is 16.7 Å². The number of benzene rings is 2. The Bertz CT molecular complexity index is 1070. The Labute approximate surface area is 183 Å². The Morgan fingerprint density at radius 3 is 2.87 bits per heavy atom. The van der Waals surface area contributed by atoms with Gasteiger partial charge in [-0.1, -0.05) is 42.5 Å². The third-order valence-electron chi connectivity index (χ3n) is 5.78. The fourth-order valence-electron chi connectivity index (χ4n) is 4.00. The lowest BCUT2D eigenvalue weighted by Crippen LogP contribution is -2.33. The maximum Gasteiger partial charge on any atom is 0.419 e. The molecule has 2 heterocycles. The summed E-state index contributed by atoms with van der Waals surface area (Å²) in [5.74, 6) is -0.327. The number of aromatic nitrogens is 1. The van der Waals surface area contributed by atoms with E-state index in [-0.39, 0.29) is 5.76 Å². The molecule has 1 N–H and O–H groups in total. The highest BCUT2D eigenvalue weighted by molar-refractivity contribution is 5.80. The number of hydrogen-bond donors (Lipinski definition) is 1. The number of rotatable bonds is 10. The summed E-state index contributed by atoms with van der Waals surface area (Å²) in [7, 11) is 1.73. The van der Waals surface area contributed by atoms with E-state index >= 15 is 0 Å². The lowest BCUT2D eigenvalue weighted by molar-refractivity contribution is 0.0254. The summed E-state index contributed by atoms with van der Waals surface area (Å²) in [6, 6.07) is 16.6. The van der Waals surface area contributed by atoms with E-state index < -0.39 is 0 Å².